The van der Waals surface area contributed by atoms with Gasteiger partial charge < -0.3 is 28.8 Å². The van der Waals surface area contributed by atoms with Crippen molar-refractivity contribution in [1.29, 1.82) is 0 Å². The van der Waals surface area contributed by atoms with Crippen molar-refractivity contribution >= 4 is 11.8 Å². The summed E-state index contributed by atoms with van der Waals surface area (Å²) in [6.07, 6.45) is 4.08. The van der Waals surface area contributed by atoms with Gasteiger partial charge in [0.1, 0.15) is 0 Å². The molecule has 0 aliphatic heterocycles. The molecule has 1 saturated carbocycles. The molecule has 0 unspecified atom stereocenters. The number of benzene rings is 2. The van der Waals surface area contributed by atoms with Crippen LogP contribution in [0, 0.1) is 0 Å². The summed E-state index contributed by atoms with van der Waals surface area (Å²) < 4.78 is 28.3. The molecule has 176 valence electrons. The van der Waals surface area contributed by atoms with E-state index in [-0.39, 0.29) is 11.8 Å². The Balaban J connectivity index is 1.96. The summed E-state index contributed by atoms with van der Waals surface area (Å²) in [4.78, 5) is 1.02. The molecule has 0 saturated heterocycles. The lowest BCUT2D eigenvalue weighted by Gasteiger charge is -2.24. The molecule has 3 atom stereocenters. The number of thioether (sulfide) groups is 1. The van der Waals surface area contributed by atoms with E-state index < -0.39 is 6.10 Å². The van der Waals surface area contributed by atoms with Crippen LogP contribution in [0.15, 0.2) is 29.2 Å². The number of aliphatic hydroxyl groups is 1. The lowest BCUT2D eigenvalue weighted by Crippen LogP contribution is -2.19. The Labute approximate surface area is 195 Å². The average molecular weight is 463 g/mol. The Hall–Kier alpha value is -2.25. The number of ether oxygens (including phenoxy) is 5. The van der Waals surface area contributed by atoms with Crippen molar-refractivity contribution in [3.8, 4) is 28.7 Å². The van der Waals surface area contributed by atoms with Gasteiger partial charge in [-0.15, -0.1) is 11.8 Å². The van der Waals surface area contributed by atoms with Gasteiger partial charge in [-0.1, -0.05) is 13.0 Å². The van der Waals surface area contributed by atoms with Crippen LogP contribution in [0.25, 0.3) is 0 Å². The van der Waals surface area contributed by atoms with Gasteiger partial charge in [0.05, 0.1) is 46.0 Å². The molecule has 0 aromatic heterocycles. The molecular weight excluding hydrogens is 428 g/mol. The van der Waals surface area contributed by atoms with Gasteiger partial charge in [-0.25, -0.2) is 0 Å². The Morgan fingerprint density at radius 1 is 0.875 bits per heavy atom. The van der Waals surface area contributed by atoms with Crippen LogP contribution in [0.3, 0.4) is 0 Å². The summed E-state index contributed by atoms with van der Waals surface area (Å²) in [5.74, 6) is 3.16. The van der Waals surface area contributed by atoms with Gasteiger partial charge in [-0.05, 0) is 49.3 Å². The molecule has 0 heterocycles. The number of hydrogen-bond donors (Lipinski definition) is 1. The second kappa shape index (κ2) is 11.1. The quantitative estimate of drug-likeness (QED) is 0.484. The fraction of sp³-hybridized carbons (Fsp3) is 0.520. The maximum atomic E-state index is 11.4. The van der Waals surface area contributed by atoms with Crippen molar-refractivity contribution in [2.24, 2.45) is 0 Å². The summed E-state index contributed by atoms with van der Waals surface area (Å²) in [6, 6.07) is 7.96. The Kier molecular flexibility index (Phi) is 8.43. The van der Waals surface area contributed by atoms with Crippen LogP contribution in [0.2, 0.25) is 0 Å². The molecule has 0 spiro atoms. The first-order valence-electron chi connectivity index (χ1n) is 10.9. The normalized spacial score (nSPS) is 20.2. The van der Waals surface area contributed by atoms with E-state index in [2.05, 4.69) is 13.0 Å². The summed E-state index contributed by atoms with van der Waals surface area (Å²) in [5, 5.41) is 11.4. The predicted molar refractivity (Wildman–Crippen MR) is 127 cm³/mol. The highest BCUT2D eigenvalue weighted by molar-refractivity contribution is 7.98. The summed E-state index contributed by atoms with van der Waals surface area (Å²) in [5.41, 5.74) is 1.99. The lowest BCUT2D eigenvalue weighted by molar-refractivity contribution is 0.144. The monoisotopic (exact) mass is 462 g/mol. The summed E-state index contributed by atoms with van der Waals surface area (Å²) >= 11 is 1.62. The standard InChI is InChI=1S/C25H34O6S/c1-7-12-31-24-20(28-3)13-15(14-21(24)32-6)16-8-9-17(22(16)26)18-10-11-19(27-2)25(30-5)23(18)29-4/h10-11,13-14,16-17,22,26H,7-9,12H2,1-6H3/t16-,17-,22+/m0/s1. The van der Waals surface area contributed by atoms with Gasteiger partial charge in [0.15, 0.2) is 23.0 Å². The maximum Gasteiger partial charge on any atom is 0.203 e. The molecule has 3 rings (SSSR count). The van der Waals surface area contributed by atoms with Crippen molar-refractivity contribution in [2.75, 3.05) is 41.3 Å². The van der Waals surface area contributed by atoms with Gasteiger partial charge in [0, 0.05) is 17.4 Å². The van der Waals surface area contributed by atoms with Crippen LogP contribution >= 0.6 is 11.8 Å². The SMILES string of the molecule is CCCOc1c(OC)cc([C@@H]2CC[C@@H](c3ccc(OC)c(OC)c3OC)[C@@H]2O)cc1SC. The van der Waals surface area contributed by atoms with E-state index in [9.17, 15) is 5.11 Å². The zero-order valence-electron chi connectivity index (χ0n) is 19.8. The van der Waals surface area contributed by atoms with E-state index in [1.54, 1.807) is 40.2 Å². The van der Waals surface area contributed by atoms with Gasteiger partial charge in [0.25, 0.3) is 0 Å². The van der Waals surface area contributed by atoms with Crippen LogP contribution < -0.4 is 23.7 Å². The van der Waals surface area contributed by atoms with Crippen LogP contribution in [0.4, 0.5) is 0 Å². The molecule has 1 N–H and O–H groups in total. The Morgan fingerprint density at radius 2 is 1.56 bits per heavy atom. The molecule has 6 nitrogen and oxygen atoms in total. The van der Waals surface area contributed by atoms with Crippen molar-refractivity contribution in [3.63, 3.8) is 0 Å². The van der Waals surface area contributed by atoms with Gasteiger partial charge in [-0.2, -0.15) is 0 Å². The number of methoxy groups -OCH3 is 4. The molecule has 0 bridgehead atoms. The van der Waals surface area contributed by atoms with Crippen molar-refractivity contribution < 1.29 is 28.8 Å². The first kappa shape index (κ1) is 24.4. The molecule has 2 aromatic carbocycles. The number of aliphatic hydroxyl groups excluding tert-OH is 1. The van der Waals surface area contributed by atoms with E-state index in [0.717, 1.165) is 41.0 Å². The Morgan fingerprint density at radius 3 is 2.16 bits per heavy atom. The highest BCUT2D eigenvalue weighted by Gasteiger charge is 2.39. The topological polar surface area (TPSA) is 66.4 Å². The minimum Gasteiger partial charge on any atom is -0.493 e. The molecule has 1 aliphatic carbocycles. The third kappa shape index (κ3) is 4.59. The summed E-state index contributed by atoms with van der Waals surface area (Å²) in [6.45, 7) is 2.72. The maximum absolute atomic E-state index is 11.4. The molecule has 32 heavy (non-hydrogen) atoms. The smallest absolute Gasteiger partial charge is 0.203 e. The average Bonchev–Trinajstić information content (AvgIpc) is 3.21. The Bertz CT molecular complexity index is 891. The van der Waals surface area contributed by atoms with E-state index >= 15 is 0 Å². The van der Waals surface area contributed by atoms with E-state index in [4.69, 9.17) is 23.7 Å². The molecular formula is C25H34O6S. The zero-order chi connectivity index (χ0) is 23.3. The fourth-order valence-corrected chi connectivity index (χ4v) is 5.16. The van der Waals surface area contributed by atoms with Crippen molar-refractivity contribution in [1.82, 2.24) is 0 Å². The highest BCUT2D eigenvalue weighted by Crippen LogP contribution is 2.51. The lowest BCUT2D eigenvalue weighted by atomic mass is 9.89. The van der Waals surface area contributed by atoms with E-state index in [1.807, 2.05) is 24.5 Å². The minimum atomic E-state index is -0.566. The van der Waals surface area contributed by atoms with Crippen LogP contribution in [0.5, 0.6) is 28.7 Å². The number of hydrogen-bond acceptors (Lipinski definition) is 7. The zero-order valence-corrected chi connectivity index (χ0v) is 20.6. The third-order valence-electron chi connectivity index (χ3n) is 6.11. The fourth-order valence-electron chi connectivity index (χ4n) is 4.56. The second-order valence-corrected chi connectivity index (χ2v) is 8.66. The minimum absolute atomic E-state index is 0.0159. The molecule has 0 amide bonds. The van der Waals surface area contributed by atoms with Gasteiger partial charge in [0.2, 0.25) is 5.75 Å². The molecule has 1 fully saturated rings. The first-order valence-corrected chi connectivity index (χ1v) is 12.1. The highest BCUT2D eigenvalue weighted by atomic mass is 32.2. The molecule has 0 radical (unpaired) electrons. The van der Waals surface area contributed by atoms with Crippen LogP contribution in [-0.2, 0) is 0 Å². The number of rotatable bonds is 10. The second-order valence-electron chi connectivity index (χ2n) is 7.81. The third-order valence-corrected chi connectivity index (χ3v) is 6.85. The van der Waals surface area contributed by atoms with E-state index in [0.29, 0.717) is 29.6 Å². The molecule has 2 aromatic rings. The van der Waals surface area contributed by atoms with Crippen LogP contribution in [-0.4, -0.2) is 52.5 Å². The largest absolute Gasteiger partial charge is 0.493 e. The van der Waals surface area contributed by atoms with Gasteiger partial charge in [-0.3, -0.25) is 0 Å². The summed E-state index contributed by atoms with van der Waals surface area (Å²) in [7, 11) is 6.47. The van der Waals surface area contributed by atoms with Crippen LogP contribution in [0.1, 0.15) is 49.1 Å². The van der Waals surface area contributed by atoms with Crippen molar-refractivity contribution in [3.05, 3.63) is 35.4 Å². The predicted octanol–water partition coefficient (Wildman–Crippen LogP) is 5.25. The van der Waals surface area contributed by atoms with Gasteiger partial charge >= 0.3 is 0 Å². The van der Waals surface area contributed by atoms with E-state index in [1.165, 1.54) is 0 Å². The molecule has 1 aliphatic rings. The van der Waals surface area contributed by atoms with Crippen molar-refractivity contribution in [2.45, 2.75) is 49.0 Å². The first-order chi connectivity index (χ1) is 15.5. The molecule has 7 heteroatoms.